The van der Waals surface area contributed by atoms with Crippen LogP contribution in [0.25, 0.3) is 11.3 Å². The number of pyridine rings is 2. The predicted octanol–water partition coefficient (Wildman–Crippen LogP) is 2.14. The van der Waals surface area contributed by atoms with E-state index >= 15 is 0 Å². The minimum atomic E-state index is -0.353. The summed E-state index contributed by atoms with van der Waals surface area (Å²) in [5.41, 5.74) is 2.03. The second-order valence-corrected chi connectivity index (χ2v) is 5.05. The summed E-state index contributed by atoms with van der Waals surface area (Å²) in [6, 6.07) is 8.75. The van der Waals surface area contributed by atoms with Crippen LogP contribution in [0.4, 0.5) is 5.82 Å². The molecule has 8 nitrogen and oxygen atoms in total. The maximum atomic E-state index is 12.5. The second kappa shape index (κ2) is 8.02. The molecule has 0 aromatic carbocycles. The lowest BCUT2D eigenvalue weighted by molar-refractivity contribution is 0.101. The number of rotatable bonds is 7. The van der Waals surface area contributed by atoms with Crippen molar-refractivity contribution in [3.8, 4) is 17.1 Å². The molecule has 3 heterocycles. The molecule has 8 heteroatoms. The summed E-state index contributed by atoms with van der Waals surface area (Å²) in [6.07, 6.45) is 4.94. The molecule has 128 valence electrons. The van der Waals surface area contributed by atoms with Crippen LogP contribution in [0.3, 0.4) is 0 Å². The first-order valence-corrected chi connectivity index (χ1v) is 7.62. The summed E-state index contributed by atoms with van der Waals surface area (Å²) >= 11 is 0. The van der Waals surface area contributed by atoms with Crippen LogP contribution in [0.15, 0.2) is 48.9 Å². The summed E-state index contributed by atoms with van der Waals surface area (Å²) in [5, 5.41) is 9.72. The molecule has 3 rings (SSSR count). The van der Waals surface area contributed by atoms with E-state index in [1.807, 2.05) is 12.1 Å². The van der Waals surface area contributed by atoms with Crippen molar-refractivity contribution >= 4 is 11.7 Å². The summed E-state index contributed by atoms with van der Waals surface area (Å²) in [4.78, 5) is 20.6. The minimum Gasteiger partial charge on any atom is -0.475 e. The Bertz CT molecular complexity index is 835. The first-order valence-electron chi connectivity index (χ1n) is 7.62. The fourth-order valence-corrected chi connectivity index (χ4v) is 2.15. The van der Waals surface area contributed by atoms with Gasteiger partial charge in [-0.25, -0.2) is 4.98 Å². The van der Waals surface area contributed by atoms with Gasteiger partial charge in [0, 0.05) is 37.3 Å². The van der Waals surface area contributed by atoms with Crippen molar-refractivity contribution in [2.75, 3.05) is 25.6 Å². The molecule has 0 spiro atoms. The normalized spacial score (nSPS) is 10.4. The monoisotopic (exact) mass is 339 g/mol. The van der Waals surface area contributed by atoms with Crippen molar-refractivity contribution < 1.29 is 14.3 Å². The van der Waals surface area contributed by atoms with E-state index in [0.717, 1.165) is 11.3 Å². The highest BCUT2D eigenvalue weighted by molar-refractivity contribution is 6.05. The molecular weight excluding hydrogens is 322 g/mol. The zero-order valence-corrected chi connectivity index (χ0v) is 13.6. The number of methoxy groups -OCH3 is 1. The molecule has 3 aromatic rings. The number of H-pyrrole nitrogens is 1. The maximum Gasteiger partial charge on any atom is 0.262 e. The largest absolute Gasteiger partial charge is 0.475 e. The predicted molar refractivity (Wildman–Crippen MR) is 91.4 cm³/mol. The Kier molecular flexibility index (Phi) is 5.32. The van der Waals surface area contributed by atoms with Crippen molar-refractivity contribution in [1.29, 1.82) is 0 Å². The molecule has 0 atom stereocenters. The number of carbonyl (C=O) groups is 1. The average Bonchev–Trinajstić information content (AvgIpc) is 3.11. The van der Waals surface area contributed by atoms with Crippen molar-refractivity contribution in [3.63, 3.8) is 0 Å². The third-order valence-electron chi connectivity index (χ3n) is 3.35. The molecule has 0 radical (unpaired) electrons. The number of aromatic amines is 1. The van der Waals surface area contributed by atoms with E-state index < -0.39 is 0 Å². The molecule has 25 heavy (non-hydrogen) atoms. The van der Waals surface area contributed by atoms with Gasteiger partial charge in [0.1, 0.15) is 12.2 Å². The molecule has 0 bridgehead atoms. The van der Waals surface area contributed by atoms with Crippen molar-refractivity contribution in [3.05, 3.63) is 54.5 Å². The second-order valence-electron chi connectivity index (χ2n) is 5.05. The summed E-state index contributed by atoms with van der Waals surface area (Å²) < 4.78 is 10.4. The van der Waals surface area contributed by atoms with Crippen molar-refractivity contribution in [2.45, 2.75) is 0 Å². The lowest BCUT2D eigenvalue weighted by atomic mass is 10.2. The lowest BCUT2D eigenvalue weighted by Crippen LogP contribution is -2.15. The summed E-state index contributed by atoms with van der Waals surface area (Å²) in [6.45, 7) is 0.717. The Morgan fingerprint density at radius 3 is 2.84 bits per heavy atom. The first-order chi connectivity index (χ1) is 12.3. The van der Waals surface area contributed by atoms with Crippen molar-refractivity contribution in [1.82, 2.24) is 20.2 Å². The van der Waals surface area contributed by atoms with Gasteiger partial charge in [0.05, 0.1) is 12.3 Å². The van der Waals surface area contributed by atoms with E-state index in [1.165, 1.54) is 0 Å². The number of ether oxygens (including phenoxy) is 2. The Balaban J connectivity index is 1.72. The number of aromatic nitrogens is 4. The van der Waals surface area contributed by atoms with Crippen LogP contribution in [0.1, 0.15) is 10.4 Å². The van der Waals surface area contributed by atoms with Gasteiger partial charge >= 0.3 is 0 Å². The number of carbonyl (C=O) groups excluding carboxylic acids is 1. The van der Waals surface area contributed by atoms with Gasteiger partial charge < -0.3 is 14.8 Å². The molecule has 0 aliphatic carbocycles. The number of hydrogen-bond donors (Lipinski definition) is 2. The third-order valence-corrected chi connectivity index (χ3v) is 3.35. The van der Waals surface area contributed by atoms with E-state index in [1.54, 1.807) is 43.9 Å². The van der Waals surface area contributed by atoms with Crippen LogP contribution < -0.4 is 10.1 Å². The highest BCUT2D eigenvalue weighted by Gasteiger charge is 2.15. The Morgan fingerprint density at radius 2 is 2.04 bits per heavy atom. The van der Waals surface area contributed by atoms with Gasteiger partial charge in [0.2, 0.25) is 5.88 Å². The van der Waals surface area contributed by atoms with E-state index in [9.17, 15) is 4.79 Å². The van der Waals surface area contributed by atoms with Gasteiger partial charge in [-0.15, -0.1) is 0 Å². The van der Waals surface area contributed by atoms with E-state index in [0.29, 0.717) is 24.6 Å². The van der Waals surface area contributed by atoms with Gasteiger partial charge in [-0.2, -0.15) is 5.10 Å². The standard InChI is InChI=1S/C17H17N5O3/c1-24-9-10-25-17-13(3-2-6-19-17)16(23)20-15-11-14(21-22-15)12-4-7-18-8-5-12/h2-8,11H,9-10H2,1H3,(H2,20,21,22,23). The maximum absolute atomic E-state index is 12.5. The molecule has 0 fully saturated rings. The van der Waals surface area contributed by atoms with Gasteiger partial charge in [0.15, 0.2) is 5.82 Å². The van der Waals surface area contributed by atoms with Crippen LogP contribution in [0.5, 0.6) is 5.88 Å². The molecule has 0 aliphatic rings. The fourth-order valence-electron chi connectivity index (χ4n) is 2.15. The molecule has 1 amide bonds. The quantitative estimate of drug-likeness (QED) is 0.640. The zero-order valence-electron chi connectivity index (χ0n) is 13.6. The van der Waals surface area contributed by atoms with E-state index in [2.05, 4.69) is 25.5 Å². The van der Waals surface area contributed by atoms with Crippen LogP contribution >= 0.6 is 0 Å². The highest BCUT2D eigenvalue weighted by atomic mass is 16.5. The number of nitrogens with zero attached hydrogens (tertiary/aromatic N) is 3. The smallest absolute Gasteiger partial charge is 0.262 e. The third kappa shape index (κ3) is 4.18. The fraction of sp³-hybridized carbons (Fsp3) is 0.176. The van der Waals surface area contributed by atoms with Gasteiger partial charge in [0.25, 0.3) is 5.91 Å². The Morgan fingerprint density at radius 1 is 1.20 bits per heavy atom. The lowest BCUT2D eigenvalue weighted by Gasteiger charge is -2.09. The minimum absolute atomic E-state index is 0.252. The topological polar surface area (TPSA) is 102 Å². The Hall–Kier alpha value is -3.26. The molecule has 0 saturated carbocycles. The summed E-state index contributed by atoms with van der Waals surface area (Å²) in [7, 11) is 1.58. The van der Waals surface area contributed by atoms with Gasteiger partial charge in [-0.3, -0.25) is 14.9 Å². The molecule has 0 aliphatic heterocycles. The average molecular weight is 339 g/mol. The molecule has 0 saturated heterocycles. The SMILES string of the molecule is COCCOc1ncccc1C(=O)Nc1cc(-c2ccncc2)[nH]n1. The van der Waals surface area contributed by atoms with Crippen molar-refractivity contribution in [2.24, 2.45) is 0 Å². The number of hydrogen-bond acceptors (Lipinski definition) is 6. The van der Waals surface area contributed by atoms with Crippen LogP contribution in [0.2, 0.25) is 0 Å². The first kappa shape index (κ1) is 16.6. The van der Waals surface area contributed by atoms with Gasteiger partial charge in [-0.05, 0) is 24.3 Å². The molecule has 2 N–H and O–H groups in total. The molecule has 3 aromatic heterocycles. The number of nitrogens with one attached hydrogen (secondary N) is 2. The van der Waals surface area contributed by atoms with E-state index in [4.69, 9.17) is 9.47 Å². The molecule has 0 unspecified atom stereocenters. The Labute approximate surface area is 144 Å². The van der Waals surface area contributed by atoms with Gasteiger partial charge in [-0.1, -0.05) is 0 Å². The van der Waals surface area contributed by atoms with Crippen LogP contribution in [0, 0.1) is 0 Å². The number of amides is 1. The summed E-state index contributed by atoms with van der Waals surface area (Å²) in [5.74, 6) is 0.304. The van der Waals surface area contributed by atoms with Crippen LogP contribution in [-0.2, 0) is 4.74 Å². The van der Waals surface area contributed by atoms with Crippen LogP contribution in [-0.4, -0.2) is 46.4 Å². The highest BCUT2D eigenvalue weighted by Crippen LogP contribution is 2.20. The number of anilines is 1. The van der Waals surface area contributed by atoms with E-state index in [-0.39, 0.29) is 11.8 Å². The zero-order chi connectivity index (χ0) is 17.5. The molecular formula is C17H17N5O3.